The lowest BCUT2D eigenvalue weighted by atomic mass is 10.1. The Morgan fingerprint density at radius 2 is 1.83 bits per heavy atom. The number of thioether (sulfide) groups is 1. The third-order valence-corrected chi connectivity index (χ3v) is 2.92. The van der Waals surface area contributed by atoms with Gasteiger partial charge in [0.2, 0.25) is 0 Å². The first-order valence-electron chi connectivity index (χ1n) is 3.79. The summed E-state index contributed by atoms with van der Waals surface area (Å²) < 4.78 is 0. The molecule has 1 aromatic rings. The molecule has 0 heterocycles. The molecule has 0 fully saturated rings. The lowest BCUT2D eigenvalue weighted by molar-refractivity contribution is 1.19. The van der Waals surface area contributed by atoms with Crippen molar-refractivity contribution < 1.29 is 0 Å². The monoisotopic (exact) mass is 177 g/mol. The Labute approximate surface area is 77.4 Å². The van der Waals surface area contributed by atoms with E-state index in [1.165, 1.54) is 28.5 Å². The summed E-state index contributed by atoms with van der Waals surface area (Å²) in [7, 11) is 0. The molecule has 0 spiro atoms. The van der Waals surface area contributed by atoms with Crippen LogP contribution in [0.25, 0.3) is 0 Å². The first-order valence-corrected chi connectivity index (χ1v) is 4.61. The zero-order valence-electron chi connectivity index (χ0n) is 7.51. The van der Waals surface area contributed by atoms with Gasteiger partial charge in [0.1, 0.15) is 5.40 Å². The van der Waals surface area contributed by atoms with Gasteiger partial charge in [-0.2, -0.15) is 5.26 Å². The lowest BCUT2D eigenvalue weighted by Gasteiger charge is -2.06. The summed E-state index contributed by atoms with van der Waals surface area (Å²) >= 11 is 1.23. The van der Waals surface area contributed by atoms with Crippen LogP contribution in [0, 0.1) is 31.4 Å². The van der Waals surface area contributed by atoms with Crippen LogP contribution >= 0.6 is 11.8 Å². The highest BCUT2D eigenvalue weighted by Gasteiger charge is 2.02. The quantitative estimate of drug-likeness (QED) is 0.486. The minimum absolute atomic E-state index is 1.07. The Hall–Kier alpha value is -0.940. The van der Waals surface area contributed by atoms with Gasteiger partial charge in [0, 0.05) is 4.90 Å². The highest BCUT2D eigenvalue weighted by atomic mass is 32.2. The second-order valence-electron chi connectivity index (χ2n) is 2.82. The average molecular weight is 177 g/mol. The van der Waals surface area contributed by atoms with Crippen LogP contribution in [-0.4, -0.2) is 0 Å². The fourth-order valence-electron chi connectivity index (χ4n) is 1.09. The standard InChI is InChI=1S/C10H11NS/c1-7-4-5-10(12-6-11)9(3)8(7)2/h4-5H,1-3H3. The third kappa shape index (κ3) is 1.62. The van der Waals surface area contributed by atoms with Gasteiger partial charge in [-0.25, -0.2) is 0 Å². The Morgan fingerprint density at radius 3 is 2.42 bits per heavy atom. The fraction of sp³-hybridized carbons (Fsp3) is 0.300. The molecule has 0 atom stereocenters. The van der Waals surface area contributed by atoms with E-state index in [-0.39, 0.29) is 0 Å². The molecule has 0 aliphatic rings. The first kappa shape index (κ1) is 9.15. The Balaban J connectivity index is 3.19. The largest absolute Gasteiger partial charge is 0.185 e. The van der Waals surface area contributed by atoms with Gasteiger partial charge in [-0.05, 0) is 55.3 Å². The number of aryl methyl sites for hydroxylation is 1. The van der Waals surface area contributed by atoms with Gasteiger partial charge < -0.3 is 0 Å². The molecule has 62 valence electrons. The molecule has 0 aliphatic heterocycles. The molecule has 1 aromatic carbocycles. The van der Waals surface area contributed by atoms with E-state index in [2.05, 4.69) is 32.2 Å². The summed E-state index contributed by atoms with van der Waals surface area (Å²) in [5, 5.41) is 10.6. The average Bonchev–Trinajstić information content (AvgIpc) is 2.07. The normalized spacial score (nSPS) is 9.50. The van der Waals surface area contributed by atoms with Crippen LogP contribution in [0.2, 0.25) is 0 Å². The number of nitriles is 1. The molecule has 2 heteroatoms. The Kier molecular flexibility index (Phi) is 2.78. The van der Waals surface area contributed by atoms with E-state index in [0.29, 0.717) is 0 Å². The Bertz CT molecular complexity index is 336. The Morgan fingerprint density at radius 1 is 1.17 bits per heavy atom. The molecule has 0 unspecified atom stereocenters. The minimum atomic E-state index is 1.07. The maximum atomic E-state index is 8.52. The number of hydrogen-bond acceptors (Lipinski definition) is 2. The van der Waals surface area contributed by atoms with Crippen LogP contribution in [0.15, 0.2) is 17.0 Å². The van der Waals surface area contributed by atoms with Crippen molar-refractivity contribution in [2.24, 2.45) is 0 Å². The van der Waals surface area contributed by atoms with Crippen molar-refractivity contribution >= 4 is 11.8 Å². The van der Waals surface area contributed by atoms with Crippen LogP contribution < -0.4 is 0 Å². The molecule has 0 N–H and O–H groups in total. The molecular formula is C10H11NS. The predicted octanol–water partition coefficient (Wildman–Crippen LogP) is 3.19. The molecule has 0 saturated heterocycles. The smallest absolute Gasteiger partial charge is 0.138 e. The maximum absolute atomic E-state index is 8.52. The molecule has 12 heavy (non-hydrogen) atoms. The molecule has 0 amide bonds. The van der Waals surface area contributed by atoms with Crippen LogP contribution in [-0.2, 0) is 0 Å². The minimum Gasteiger partial charge on any atom is -0.185 e. The predicted molar refractivity (Wildman–Crippen MR) is 52.1 cm³/mol. The van der Waals surface area contributed by atoms with Gasteiger partial charge in [0.05, 0.1) is 0 Å². The van der Waals surface area contributed by atoms with E-state index in [1.807, 2.05) is 6.07 Å². The molecule has 0 aromatic heterocycles. The topological polar surface area (TPSA) is 23.8 Å². The van der Waals surface area contributed by atoms with Crippen molar-refractivity contribution in [3.8, 4) is 5.40 Å². The van der Waals surface area contributed by atoms with Gasteiger partial charge >= 0.3 is 0 Å². The summed E-state index contributed by atoms with van der Waals surface area (Å²) in [6, 6.07) is 4.06. The van der Waals surface area contributed by atoms with Crippen LogP contribution in [0.1, 0.15) is 16.7 Å². The van der Waals surface area contributed by atoms with Crippen LogP contribution in [0.3, 0.4) is 0 Å². The first-order chi connectivity index (χ1) is 5.66. The van der Waals surface area contributed by atoms with Gasteiger partial charge in [-0.1, -0.05) is 6.07 Å². The van der Waals surface area contributed by atoms with E-state index < -0.39 is 0 Å². The van der Waals surface area contributed by atoms with E-state index in [4.69, 9.17) is 5.26 Å². The molecular weight excluding hydrogens is 166 g/mol. The zero-order valence-corrected chi connectivity index (χ0v) is 8.33. The van der Waals surface area contributed by atoms with E-state index in [9.17, 15) is 0 Å². The van der Waals surface area contributed by atoms with Crippen molar-refractivity contribution in [1.29, 1.82) is 5.26 Å². The summed E-state index contributed by atoms with van der Waals surface area (Å²) in [6.45, 7) is 6.23. The van der Waals surface area contributed by atoms with E-state index in [0.717, 1.165) is 4.90 Å². The van der Waals surface area contributed by atoms with Crippen molar-refractivity contribution in [3.05, 3.63) is 28.8 Å². The van der Waals surface area contributed by atoms with Crippen molar-refractivity contribution in [3.63, 3.8) is 0 Å². The van der Waals surface area contributed by atoms with Crippen molar-refractivity contribution in [2.75, 3.05) is 0 Å². The third-order valence-electron chi connectivity index (χ3n) is 2.16. The second kappa shape index (κ2) is 3.64. The number of hydrogen-bond donors (Lipinski definition) is 0. The number of rotatable bonds is 1. The summed E-state index contributed by atoms with van der Waals surface area (Å²) in [5.41, 5.74) is 3.80. The number of thiocyanates is 1. The van der Waals surface area contributed by atoms with Gasteiger partial charge in [-0.3, -0.25) is 0 Å². The van der Waals surface area contributed by atoms with Crippen LogP contribution in [0.5, 0.6) is 0 Å². The van der Waals surface area contributed by atoms with Gasteiger partial charge in [0.15, 0.2) is 0 Å². The maximum Gasteiger partial charge on any atom is 0.138 e. The highest BCUT2D eigenvalue weighted by Crippen LogP contribution is 2.25. The molecule has 0 saturated carbocycles. The molecule has 0 bridgehead atoms. The number of benzene rings is 1. The fourth-order valence-corrected chi connectivity index (χ4v) is 1.63. The van der Waals surface area contributed by atoms with E-state index in [1.54, 1.807) is 0 Å². The molecule has 1 rings (SSSR count). The van der Waals surface area contributed by atoms with Crippen molar-refractivity contribution in [1.82, 2.24) is 0 Å². The number of nitrogens with zero attached hydrogens (tertiary/aromatic N) is 1. The van der Waals surface area contributed by atoms with E-state index >= 15 is 0 Å². The molecule has 1 nitrogen and oxygen atoms in total. The summed E-state index contributed by atoms with van der Waals surface area (Å²) in [4.78, 5) is 1.07. The van der Waals surface area contributed by atoms with Gasteiger partial charge in [0.25, 0.3) is 0 Å². The zero-order chi connectivity index (χ0) is 9.14. The SMILES string of the molecule is Cc1ccc(SC#N)c(C)c1C. The van der Waals surface area contributed by atoms with Gasteiger partial charge in [-0.15, -0.1) is 0 Å². The lowest BCUT2D eigenvalue weighted by Crippen LogP contribution is -1.87. The summed E-state index contributed by atoms with van der Waals surface area (Å²) in [5.74, 6) is 0. The van der Waals surface area contributed by atoms with Crippen LogP contribution in [0.4, 0.5) is 0 Å². The molecule has 0 radical (unpaired) electrons. The second-order valence-corrected chi connectivity index (χ2v) is 3.65. The highest BCUT2D eigenvalue weighted by molar-refractivity contribution is 8.03. The summed E-state index contributed by atoms with van der Waals surface area (Å²) in [6.07, 6.45) is 0. The van der Waals surface area contributed by atoms with Crippen molar-refractivity contribution in [2.45, 2.75) is 25.7 Å². The molecule has 0 aliphatic carbocycles.